The van der Waals surface area contributed by atoms with E-state index in [1.54, 1.807) is 0 Å². The Hall–Kier alpha value is -0.900. The summed E-state index contributed by atoms with van der Waals surface area (Å²) in [5, 5.41) is 11.1. The van der Waals surface area contributed by atoms with Crippen molar-refractivity contribution in [2.24, 2.45) is 16.6 Å². The molecule has 3 nitrogen and oxygen atoms in total. The zero-order valence-electron chi connectivity index (χ0n) is 12.6. The van der Waals surface area contributed by atoms with E-state index in [4.69, 9.17) is 5.73 Å². The second-order valence-electron chi connectivity index (χ2n) is 7.32. The van der Waals surface area contributed by atoms with Gasteiger partial charge in [-0.25, -0.2) is 0 Å². The van der Waals surface area contributed by atoms with Gasteiger partial charge in [-0.15, -0.1) is 0 Å². The molecule has 110 valence electrons. The summed E-state index contributed by atoms with van der Waals surface area (Å²) in [5.41, 5.74) is 6.83. The van der Waals surface area contributed by atoms with Gasteiger partial charge in [-0.3, -0.25) is 4.90 Å². The smallest absolute Gasteiger partial charge is 0.0859 e. The van der Waals surface area contributed by atoms with Gasteiger partial charge in [0.1, 0.15) is 0 Å². The van der Waals surface area contributed by atoms with Gasteiger partial charge >= 0.3 is 0 Å². The Morgan fingerprint density at radius 1 is 1.25 bits per heavy atom. The summed E-state index contributed by atoms with van der Waals surface area (Å²) in [6.07, 6.45) is 1.90. The summed E-state index contributed by atoms with van der Waals surface area (Å²) in [5.74, 6) is 0. The minimum absolute atomic E-state index is 0.0779. The number of rotatable bonds is 4. The molecule has 1 aromatic carbocycles. The van der Waals surface area contributed by atoms with Crippen LogP contribution in [0.15, 0.2) is 30.3 Å². The van der Waals surface area contributed by atoms with Crippen LogP contribution in [-0.4, -0.2) is 35.2 Å². The van der Waals surface area contributed by atoms with E-state index in [1.807, 2.05) is 6.07 Å². The fraction of sp³-hybridized carbons (Fsp3) is 0.647. The lowest BCUT2D eigenvalue weighted by molar-refractivity contribution is -0.0358. The molecule has 3 N–H and O–H groups in total. The monoisotopic (exact) mass is 274 g/mol. The predicted molar refractivity (Wildman–Crippen MR) is 81.2 cm³/mol. The van der Waals surface area contributed by atoms with Crippen molar-refractivity contribution in [3.8, 4) is 0 Å². The van der Waals surface area contributed by atoms with Crippen LogP contribution >= 0.6 is 0 Å². The van der Waals surface area contributed by atoms with Crippen molar-refractivity contribution in [2.75, 3.05) is 19.6 Å². The summed E-state index contributed by atoms with van der Waals surface area (Å²) < 4.78 is 0. The Balaban J connectivity index is 1.70. The molecule has 1 heterocycles. The number of hydrogen-bond acceptors (Lipinski definition) is 3. The Bertz CT molecular complexity index is 487. The van der Waals surface area contributed by atoms with E-state index < -0.39 is 5.60 Å². The lowest BCUT2D eigenvalue weighted by Crippen LogP contribution is -2.48. The zero-order valence-corrected chi connectivity index (χ0v) is 12.6. The topological polar surface area (TPSA) is 49.5 Å². The van der Waals surface area contributed by atoms with Crippen LogP contribution in [0, 0.1) is 10.8 Å². The summed E-state index contributed by atoms with van der Waals surface area (Å²) in [4.78, 5) is 2.36. The molecule has 0 bridgehead atoms. The minimum atomic E-state index is -0.611. The number of likely N-dealkylation sites (tertiary alicyclic amines) is 1. The number of β-amino-alcohol motifs (C(OH)–C–C–N with tert-alkyl or cyclic N) is 1. The van der Waals surface area contributed by atoms with Crippen molar-refractivity contribution in [3.05, 3.63) is 35.9 Å². The van der Waals surface area contributed by atoms with Gasteiger partial charge in [-0.2, -0.15) is 0 Å². The Kier molecular flexibility index (Phi) is 3.20. The van der Waals surface area contributed by atoms with E-state index in [0.717, 1.165) is 32.5 Å². The number of benzene rings is 1. The van der Waals surface area contributed by atoms with Crippen LogP contribution in [0.1, 0.15) is 32.3 Å². The summed E-state index contributed by atoms with van der Waals surface area (Å²) in [6, 6.07) is 10.5. The van der Waals surface area contributed by atoms with E-state index in [-0.39, 0.29) is 10.8 Å². The molecule has 3 heteroatoms. The van der Waals surface area contributed by atoms with Gasteiger partial charge in [-0.1, -0.05) is 44.2 Å². The van der Waals surface area contributed by atoms with Gasteiger partial charge in [0.05, 0.1) is 5.60 Å². The quantitative estimate of drug-likeness (QED) is 0.883. The van der Waals surface area contributed by atoms with E-state index in [0.29, 0.717) is 6.54 Å². The van der Waals surface area contributed by atoms with Gasteiger partial charge in [0.2, 0.25) is 0 Å². The van der Waals surface area contributed by atoms with Gasteiger partial charge in [0, 0.05) is 31.6 Å². The summed E-state index contributed by atoms with van der Waals surface area (Å²) in [6.45, 7) is 7.70. The second kappa shape index (κ2) is 4.55. The van der Waals surface area contributed by atoms with Crippen LogP contribution in [0.4, 0.5) is 0 Å². The minimum Gasteiger partial charge on any atom is -0.388 e. The van der Waals surface area contributed by atoms with E-state index in [1.165, 1.54) is 5.56 Å². The van der Waals surface area contributed by atoms with E-state index >= 15 is 0 Å². The van der Waals surface area contributed by atoms with Crippen LogP contribution in [0.25, 0.3) is 0 Å². The third-order valence-electron chi connectivity index (χ3n) is 5.73. The molecule has 0 radical (unpaired) electrons. The molecular formula is C17H26N2O. The lowest BCUT2D eigenvalue weighted by Gasteiger charge is -2.35. The molecule has 20 heavy (non-hydrogen) atoms. The van der Waals surface area contributed by atoms with Crippen molar-refractivity contribution < 1.29 is 5.11 Å². The first-order valence-electron chi connectivity index (χ1n) is 7.61. The summed E-state index contributed by atoms with van der Waals surface area (Å²) >= 11 is 0. The van der Waals surface area contributed by atoms with Gasteiger partial charge < -0.3 is 10.8 Å². The molecule has 1 saturated carbocycles. The van der Waals surface area contributed by atoms with Crippen LogP contribution < -0.4 is 5.73 Å². The van der Waals surface area contributed by atoms with E-state index in [2.05, 4.69) is 43.0 Å². The highest BCUT2D eigenvalue weighted by Gasteiger charge is 2.71. The van der Waals surface area contributed by atoms with Crippen molar-refractivity contribution in [1.82, 2.24) is 4.90 Å². The molecule has 2 unspecified atom stereocenters. The highest BCUT2D eigenvalue weighted by atomic mass is 16.3. The molecule has 0 spiro atoms. The SMILES string of the molecule is CC1(C)CC1(CN)C1(O)CCN(Cc2ccccc2)C1. The average Bonchev–Trinajstić information content (AvgIpc) is 2.81. The first kappa shape index (κ1) is 14.1. The fourth-order valence-corrected chi connectivity index (χ4v) is 4.28. The zero-order chi connectivity index (χ0) is 14.4. The Labute approximate surface area is 121 Å². The van der Waals surface area contributed by atoms with Crippen LogP contribution in [0.3, 0.4) is 0 Å². The molecule has 0 aromatic heterocycles. The molecule has 1 saturated heterocycles. The molecule has 2 atom stereocenters. The average molecular weight is 274 g/mol. The molecule has 2 fully saturated rings. The maximum absolute atomic E-state index is 11.1. The normalized spacial score (nSPS) is 36.2. The van der Waals surface area contributed by atoms with Crippen LogP contribution in [0.2, 0.25) is 0 Å². The predicted octanol–water partition coefficient (Wildman–Crippen LogP) is 2.00. The molecule has 1 aliphatic heterocycles. The first-order chi connectivity index (χ1) is 9.42. The number of aliphatic hydroxyl groups is 1. The van der Waals surface area contributed by atoms with Crippen molar-refractivity contribution in [1.29, 1.82) is 0 Å². The highest BCUT2D eigenvalue weighted by Crippen LogP contribution is 2.69. The Morgan fingerprint density at radius 3 is 2.45 bits per heavy atom. The third kappa shape index (κ3) is 2.00. The highest BCUT2D eigenvalue weighted by molar-refractivity contribution is 5.23. The van der Waals surface area contributed by atoms with Crippen molar-refractivity contribution in [2.45, 2.75) is 38.8 Å². The van der Waals surface area contributed by atoms with Gasteiger partial charge in [-0.05, 0) is 23.8 Å². The molecule has 0 amide bonds. The second-order valence-corrected chi connectivity index (χ2v) is 7.32. The van der Waals surface area contributed by atoms with Gasteiger partial charge in [0.25, 0.3) is 0 Å². The van der Waals surface area contributed by atoms with Gasteiger partial charge in [0.15, 0.2) is 0 Å². The number of nitrogens with zero attached hydrogens (tertiary/aromatic N) is 1. The number of nitrogens with two attached hydrogens (primary N) is 1. The molecule has 1 aromatic rings. The molecule has 2 aliphatic rings. The third-order valence-corrected chi connectivity index (χ3v) is 5.73. The molecular weight excluding hydrogens is 248 g/mol. The van der Waals surface area contributed by atoms with Crippen LogP contribution in [0.5, 0.6) is 0 Å². The molecule has 3 rings (SSSR count). The van der Waals surface area contributed by atoms with Crippen LogP contribution in [-0.2, 0) is 6.54 Å². The lowest BCUT2D eigenvalue weighted by atomic mass is 9.78. The summed E-state index contributed by atoms with van der Waals surface area (Å²) in [7, 11) is 0. The van der Waals surface area contributed by atoms with Crippen molar-refractivity contribution in [3.63, 3.8) is 0 Å². The Morgan fingerprint density at radius 2 is 1.90 bits per heavy atom. The number of hydrogen-bond donors (Lipinski definition) is 2. The maximum Gasteiger partial charge on any atom is 0.0859 e. The standard InChI is InChI=1S/C17H26N2O/c1-15(2)11-16(15,12-18)17(20)8-9-19(13-17)10-14-6-4-3-5-7-14/h3-7,20H,8-13,18H2,1-2H3. The maximum atomic E-state index is 11.1. The fourth-order valence-electron chi connectivity index (χ4n) is 4.28. The largest absolute Gasteiger partial charge is 0.388 e. The van der Waals surface area contributed by atoms with E-state index in [9.17, 15) is 5.11 Å². The van der Waals surface area contributed by atoms with Crippen molar-refractivity contribution >= 4 is 0 Å². The molecule has 1 aliphatic carbocycles. The first-order valence-corrected chi connectivity index (χ1v) is 7.61.